The molecule has 0 radical (unpaired) electrons. The van der Waals surface area contributed by atoms with E-state index in [1.165, 1.54) is 6.42 Å². The summed E-state index contributed by atoms with van der Waals surface area (Å²) in [6.07, 6.45) is 4.30. The number of hydrogen-bond donors (Lipinski definition) is 2. The second-order valence-electron chi connectivity index (χ2n) is 8.33. The summed E-state index contributed by atoms with van der Waals surface area (Å²) in [5, 5.41) is 9.43. The molecule has 0 aliphatic heterocycles. The molecule has 0 heterocycles. The van der Waals surface area contributed by atoms with Gasteiger partial charge in [0.1, 0.15) is 0 Å². The zero-order valence-corrected chi connectivity index (χ0v) is 12.6. The lowest BCUT2D eigenvalue weighted by Gasteiger charge is -2.57. The molecule has 1 aliphatic rings. The molecule has 1 fully saturated rings. The molecule has 1 rings (SSSR count). The average molecular weight is 241 g/mol. The molecule has 0 bridgehead atoms. The fourth-order valence-corrected chi connectivity index (χ4v) is 4.48. The minimum absolute atomic E-state index is 0.0625. The number of nitrogens with two attached hydrogens (primary N) is 1. The highest BCUT2D eigenvalue weighted by atomic mass is 16.3. The Balaban J connectivity index is 3.13. The number of rotatable bonds is 3. The lowest BCUT2D eigenvalue weighted by Crippen LogP contribution is -2.57. The molecular formula is C15H31NO. The van der Waals surface area contributed by atoms with Gasteiger partial charge < -0.3 is 10.8 Å². The summed E-state index contributed by atoms with van der Waals surface area (Å²) in [5.41, 5.74) is 6.92. The van der Waals surface area contributed by atoms with E-state index in [1.807, 2.05) is 0 Å². The quantitative estimate of drug-likeness (QED) is 0.796. The standard InChI is InChI=1S/C15H31NO/c1-12(2)9-13(3,4)11-15(10-12,7-8-17)14(5,6)16/h17H,7-11,16H2,1-6H3. The van der Waals surface area contributed by atoms with Crippen molar-refractivity contribution in [3.63, 3.8) is 0 Å². The van der Waals surface area contributed by atoms with Crippen LogP contribution in [0.4, 0.5) is 0 Å². The molecule has 0 aromatic carbocycles. The van der Waals surface area contributed by atoms with Crippen LogP contribution in [0.2, 0.25) is 0 Å². The van der Waals surface area contributed by atoms with Crippen LogP contribution >= 0.6 is 0 Å². The lowest BCUT2D eigenvalue weighted by atomic mass is 9.49. The van der Waals surface area contributed by atoms with E-state index in [9.17, 15) is 5.11 Å². The van der Waals surface area contributed by atoms with Crippen LogP contribution in [0.5, 0.6) is 0 Å². The highest BCUT2D eigenvalue weighted by Gasteiger charge is 2.52. The summed E-state index contributed by atoms with van der Waals surface area (Å²) < 4.78 is 0. The summed E-state index contributed by atoms with van der Waals surface area (Å²) in [6, 6.07) is 0. The van der Waals surface area contributed by atoms with E-state index >= 15 is 0 Å². The largest absolute Gasteiger partial charge is 0.396 e. The summed E-state index contributed by atoms with van der Waals surface area (Å²) in [5.74, 6) is 0. The lowest BCUT2D eigenvalue weighted by molar-refractivity contribution is -0.0561. The van der Waals surface area contributed by atoms with Crippen molar-refractivity contribution in [2.45, 2.75) is 72.8 Å². The third-order valence-electron chi connectivity index (χ3n) is 4.55. The maximum atomic E-state index is 9.43. The Kier molecular flexibility index (Phi) is 3.73. The van der Waals surface area contributed by atoms with Gasteiger partial charge in [0.15, 0.2) is 0 Å². The van der Waals surface area contributed by atoms with Crippen molar-refractivity contribution in [1.29, 1.82) is 0 Å². The Morgan fingerprint density at radius 2 is 1.41 bits per heavy atom. The van der Waals surface area contributed by atoms with E-state index in [4.69, 9.17) is 5.73 Å². The molecule has 17 heavy (non-hydrogen) atoms. The number of aliphatic hydroxyl groups is 1. The highest BCUT2D eigenvalue weighted by molar-refractivity contribution is 5.05. The Bertz CT molecular complexity index is 257. The van der Waals surface area contributed by atoms with Crippen molar-refractivity contribution in [3.05, 3.63) is 0 Å². The predicted octanol–water partition coefficient (Wildman–Crippen LogP) is 3.33. The van der Waals surface area contributed by atoms with Crippen LogP contribution in [0.25, 0.3) is 0 Å². The molecule has 1 saturated carbocycles. The van der Waals surface area contributed by atoms with Crippen molar-refractivity contribution < 1.29 is 5.11 Å². The summed E-state index contributed by atoms with van der Waals surface area (Å²) >= 11 is 0. The van der Waals surface area contributed by atoms with Crippen LogP contribution in [0.1, 0.15) is 67.2 Å². The molecule has 2 heteroatoms. The van der Waals surface area contributed by atoms with Crippen molar-refractivity contribution in [1.82, 2.24) is 0 Å². The maximum Gasteiger partial charge on any atom is 0.0437 e. The Morgan fingerprint density at radius 1 is 1.00 bits per heavy atom. The van der Waals surface area contributed by atoms with Gasteiger partial charge in [0.05, 0.1) is 0 Å². The van der Waals surface area contributed by atoms with Gasteiger partial charge in [-0.15, -0.1) is 0 Å². The zero-order chi connectivity index (χ0) is 13.5. The molecule has 1 aliphatic carbocycles. The van der Waals surface area contributed by atoms with Crippen molar-refractivity contribution in [2.24, 2.45) is 22.0 Å². The van der Waals surface area contributed by atoms with Crippen LogP contribution in [-0.2, 0) is 0 Å². The first-order valence-corrected chi connectivity index (χ1v) is 6.83. The molecular weight excluding hydrogens is 210 g/mol. The monoisotopic (exact) mass is 241 g/mol. The molecule has 0 amide bonds. The van der Waals surface area contributed by atoms with Gasteiger partial charge in [0.2, 0.25) is 0 Å². The van der Waals surface area contributed by atoms with Gasteiger partial charge in [-0.3, -0.25) is 0 Å². The fourth-order valence-electron chi connectivity index (χ4n) is 4.48. The van der Waals surface area contributed by atoms with Crippen LogP contribution in [0.3, 0.4) is 0 Å². The minimum Gasteiger partial charge on any atom is -0.396 e. The van der Waals surface area contributed by atoms with E-state index in [2.05, 4.69) is 41.5 Å². The van der Waals surface area contributed by atoms with E-state index in [0.29, 0.717) is 10.8 Å². The fraction of sp³-hybridized carbons (Fsp3) is 1.00. The second-order valence-corrected chi connectivity index (χ2v) is 8.33. The molecule has 0 atom stereocenters. The number of hydrogen-bond acceptors (Lipinski definition) is 2. The Hall–Kier alpha value is -0.0800. The van der Waals surface area contributed by atoms with Gasteiger partial charge in [-0.05, 0) is 55.8 Å². The van der Waals surface area contributed by atoms with Crippen LogP contribution in [-0.4, -0.2) is 17.3 Å². The predicted molar refractivity (Wildman–Crippen MR) is 73.8 cm³/mol. The van der Waals surface area contributed by atoms with Crippen LogP contribution in [0, 0.1) is 16.2 Å². The Labute approximate surface area is 107 Å². The van der Waals surface area contributed by atoms with Gasteiger partial charge in [-0.2, -0.15) is 0 Å². The molecule has 0 aromatic heterocycles. The van der Waals surface area contributed by atoms with E-state index < -0.39 is 0 Å². The van der Waals surface area contributed by atoms with Gasteiger partial charge in [-0.25, -0.2) is 0 Å². The molecule has 0 unspecified atom stereocenters. The summed E-state index contributed by atoms with van der Waals surface area (Å²) in [7, 11) is 0. The Morgan fingerprint density at radius 3 is 1.71 bits per heavy atom. The van der Waals surface area contributed by atoms with Crippen LogP contribution < -0.4 is 5.73 Å². The molecule has 102 valence electrons. The van der Waals surface area contributed by atoms with E-state index in [-0.39, 0.29) is 17.6 Å². The van der Waals surface area contributed by atoms with Gasteiger partial charge in [0, 0.05) is 12.1 Å². The molecule has 0 spiro atoms. The number of aliphatic hydroxyl groups excluding tert-OH is 1. The topological polar surface area (TPSA) is 46.2 Å². The SMILES string of the molecule is CC1(C)CC(C)(C)CC(CCO)(C(C)(C)N)C1. The maximum absolute atomic E-state index is 9.43. The minimum atomic E-state index is -0.231. The molecule has 2 nitrogen and oxygen atoms in total. The van der Waals surface area contributed by atoms with Crippen molar-refractivity contribution in [3.8, 4) is 0 Å². The first kappa shape index (κ1) is 15.0. The van der Waals surface area contributed by atoms with E-state index in [1.54, 1.807) is 0 Å². The van der Waals surface area contributed by atoms with E-state index in [0.717, 1.165) is 19.3 Å². The van der Waals surface area contributed by atoms with Crippen molar-refractivity contribution in [2.75, 3.05) is 6.61 Å². The van der Waals surface area contributed by atoms with Crippen molar-refractivity contribution >= 4 is 0 Å². The van der Waals surface area contributed by atoms with Gasteiger partial charge >= 0.3 is 0 Å². The molecule has 0 aromatic rings. The highest BCUT2D eigenvalue weighted by Crippen LogP contribution is 2.58. The van der Waals surface area contributed by atoms with Gasteiger partial charge in [0.25, 0.3) is 0 Å². The van der Waals surface area contributed by atoms with Crippen LogP contribution in [0.15, 0.2) is 0 Å². The first-order chi connectivity index (χ1) is 7.43. The second kappa shape index (κ2) is 4.24. The molecule has 3 N–H and O–H groups in total. The summed E-state index contributed by atoms with van der Waals surface area (Å²) in [4.78, 5) is 0. The first-order valence-electron chi connectivity index (χ1n) is 6.83. The summed E-state index contributed by atoms with van der Waals surface area (Å²) in [6.45, 7) is 13.8. The van der Waals surface area contributed by atoms with Gasteiger partial charge in [-0.1, -0.05) is 27.7 Å². The third kappa shape index (κ3) is 3.23. The smallest absolute Gasteiger partial charge is 0.0437 e. The average Bonchev–Trinajstić information content (AvgIpc) is 1.95. The normalized spacial score (nSPS) is 26.8. The third-order valence-corrected chi connectivity index (χ3v) is 4.55. The zero-order valence-electron chi connectivity index (χ0n) is 12.6. The molecule has 0 saturated heterocycles.